The van der Waals surface area contributed by atoms with Gasteiger partial charge >= 0.3 is 0 Å². The van der Waals surface area contributed by atoms with Crippen LogP contribution < -0.4 is 19.7 Å². The molecular weight excluding hydrogens is 398 g/mol. The molecule has 30 heavy (non-hydrogen) atoms. The van der Waals surface area contributed by atoms with Crippen LogP contribution in [-0.4, -0.2) is 33.2 Å². The molecule has 2 atom stereocenters. The van der Waals surface area contributed by atoms with Gasteiger partial charge < -0.3 is 19.7 Å². The molecule has 1 fully saturated rings. The number of thiophene rings is 1. The molecule has 2 heterocycles. The Kier molecular flexibility index (Phi) is 6.26. The molecule has 1 aliphatic carbocycles. The summed E-state index contributed by atoms with van der Waals surface area (Å²) in [4.78, 5) is 15.4. The third-order valence-corrected chi connectivity index (χ3v) is 7.43. The number of amides is 1. The van der Waals surface area contributed by atoms with Gasteiger partial charge in [-0.15, -0.1) is 11.3 Å². The third kappa shape index (κ3) is 4.03. The van der Waals surface area contributed by atoms with Gasteiger partial charge in [-0.1, -0.05) is 0 Å². The number of nitriles is 1. The summed E-state index contributed by atoms with van der Waals surface area (Å²) in [6, 6.07) is 8.43. The number of rotatable bonds is 6. The molecule has 1 aromatic heterocycles. The van der Waals surface area contributed by atoms with Gasteiger partial charge in [0.05, 0.1) is 31.9 Å². The molecular formula is C23H28N3O3S+. The topological polar surface area (TPSA) is 75.8 Å². The predicted molar refractivity (Wildman–Crippen MR) is 117 cm³/mol. The van der Waals surface area contributed by atoms with Crippen molar-refractivity contribution in [2.24, 2.45) is 0 Å². The second-order valence-electron chi connectivity index (χ2n) is 7.96. The zero-order valence-electron chi connectivity index (χ0n) is 17.5. The molecule has 4 rings (SSSR count). The highest BCUT2D eigenvalue weighted by Gasteiger charge is 2.34. The minimum absolute atomic E-state index is 0.0283. The Morgan fingerprint density at radius 3 is 2.87 bits per heavy atom. The van der Waals surface area contributed by atoms with Crippen LogP contribution in [-0.2, 0) is 17.6 Å². The second kappa shape index (κ2) is 9.07. The van der Waals surface area contributed by atoms with Gasteiger partial charge in [0.25, 0.3) is 5.91 Å². The summed E-state index contributed by atoms with van der Waals surface area (Å²) in [5.74, 6) is 1.54. The van der Waals surface area contributed by atoms with E-state index in [0.29, 0.717) is 12.1 Å². The number of likely N-dealkylation sites (tertiary alicyclic amines) is 1. The number of aryl methyl sites for hydroxylation is 1. The van der Waals surface area contributed by atoms with Gasteiger partial charge in [0.2, 0.25) is 0 Å². The van der Waals surface area contributed by atoms with Crippen molar-refractivity contribution in [2.75, 3.05) is 32.6 Å². The van der Waals surface area contributed by atoms with Crippen molar-refractivity contribution in [2.45, 2.75) is 44.6 Å². The normalized spacial score (nSPS) is 20.3. The van der Waals surface area contributed by atoms with Gasteiger partial charge in [0.1, 0.15) is 28.6 Å². The molecule has 1 saturated heterocycles. The first-order chi connectivity index (χ1) is 14.6. The highest BCUT2D eigenvalue weighted by atomic mass is 32.1. The molecule has 1 unspecified atom stereocenters. The highest BCUT2D eigenvalue weighted by molar-refractivity contribution is 7.16. The van der Waals surface area contributed by atoms with E-state index < -0.39 is 0 Å². The van der Waals surface area contributed by atoms with Crippen LogP contribution in [0, 0.1) is 11.3 Å². The number of nitrogens with zero attached hydrogens (tertiary/aromatic N) is 1. The first-order valence-electron chi connectivity index (χ1n) is 10.6. The minimum atomic E-state index is -0.0283. The molecule has 0 saturated carbocycles. The summed E-state index contributed by atoms with van der Waals surface area (Å²) in [6.07, 6.45) is 6.33. The van der Waals surface area contributed by atoms with Crippen LogP contribution in [0.5, 0.6) is 11.5 Å². The largest absolute Gasteiger partial charge is 0.497 e. The Hall–Kier alpha value is -2.56. The molecule has 2 aliphatic rings. The maximum absolute atomic E-state index is 12.9. The fraction of sp³-hybridized carbons (Fsp3) is 0.478. The van der Waals surface area contributed by atoms with Gasteiger partial charge in [-0.3, -0.25) is 4.79 Å². The first kappa shape index (κ1) is 20.7. The molecule has 2 aromatic rings. The number of fused-ring (bicyclic) bond motifs is 1. The van der Waals surface area contributed by atoms with Gasteiger partial charge in [0, 0.05) is 23.8 Å². The summed E-state index contributed by atoms with van der Waals surface area (Å²) in [7, 11) is 3.31. The summed E-state index contributed by atoms with van der Waals surface area (Å²) in [5.41, 5.74) is 2.94. The monoisotopic (exact) mass is 426 g/mol. The fourth-order valence-corrected chi connectivity index (χ4v) is 6.01. The van der Waals surface area contributed by atoms with Crippen LogP contribution in [0.3, 0.4) is 0 Å². The molecule has 0 radical (unpaired) electrons. The number of carbonyl (C=O) groups is 1. The van der Waals surface area contributed by atoms with Gasteiger partial charge in [0.15, 0.2) is 6.54 Å². The fourth-order valence-electron chi connectivity index (χ4n) is 4.75. The van der Waals surface area contributed by atoms with Crippen molar-refractivity contribution in [1.82, 2.24) is 0 Å². The van der Waals surface area contributed by atoms with E-state index in [2.05, 4.69) is 11.4 Å². The quantitative estimate of drug-likeness (QED) is 0.745. The number of hydrogen-bond donors (Lipinski definition) is 2. The zero-order chi connectivity index (χ0) is 21.1. The number of benzene rings is 1. The first-order valence-corrected chi connectivity index (χ1v) is 11.4. The van der Waals surface area contributed by atoms with E-state index in [1.54, 1.807) is 25.6 Å². The number of carbonyl (C=O) groups excluding carboxylic acids is 1. The SMILES string of the molecule is COc1ccc([C@@H]2CCC[NH+]2CC(=O)Nc2sc3c(c2C#N)CCCC3)c(OC)c1. The third-order valence-electron chi connectivity index (χ3n) is 6.22. The molecule has 2 N–H and O–H groups in total. The van der Waals surface area contributed by atoms with Crippen LogP contribution >= 0.6 is 11.3 Å². The summed E-state index contributed by atoms with van der Waals surface area (Å²) < 4.78 is 10.9. The van der Waals surface area contributed by atoms with Crippen molar-refractivity contribution >= 4 is 22.2 Å². The summed E-state index contributed by atoms with van der Waals surface area (Å²) in [5, 5.41) is 13.4. The molecule has 7 heteroatoms. The van der Waals surface area contributed by atoms with E-state index in [1.165, 1.54) is 9.78 Å². The van der Waals surface area contributed by atoms with E-state index in [1.807, 2.05) is 18.2 Å². The number of quaternary nitrogens is 1. The van der Waals surface area contributed by atoms with Crippen molar-refractivity contribution in [3.8, 4) is 17.6 Å². The van der Waals surface area contributed by atoms with Crippen LogP contribution in [0.4, 0.5) is 5.00 Å². The Bertz CT molecular complexity index is 979. The standard InChI is InChI=1S/C23H27N3O3S/c1-28-15-9-10-17(20(12-15)29-2)19-7-5-11-26(19)14-22(27)25-23-18(13-24)16-6-3-4-8-21(16)30-23/h9-10,12,19H,3-8,11,14H2,1-2H3,(H,25,27)/p+1/t19-/m0/s1. The van der Waals surface area contributed by atoms with Crippen molar-refractivity contribution < 1.29 is 19.2 Å². The van der Waals surface area contributed by atoms with Crippen molar-refractivity contribution in [3.63, 3.8) is 0 Å². The molecule has 158 valence electrons. The van der Waals surface area contributed by atoms with E-state index in [-0.39, 0.29) is 11.9 Å². The predicted octanol–water partition coefficient (Wildman–Crippen LogP) is 2.87. The van der Waals surface area contributed by atoms with Gasteiger partial charge in [-0.25, -0.2) is 0 Å². The summed E-state index contributed by atoms with van der Waals surface area (Å²) in [6.45, 7) is 1.33. The molecule has 1 aliphatic heterocycles. The van der Waals surface area contributed by atoms with Crippen LogP contribution in [0.1, 0.15) is 53.3 Å². The smallest absolute Gasteiger partial charge is 0.280 e. The lowest BCUT2D eigenvalue weighted by Crippen LogP contribution is -3.11. The van der Waals surface area contributed by atoms with E-state index >= 15 is 0 Å². The maximum atomic E-state index is 12.9. The Morgan fingerprint density at radius 1 is 1.27 bits per heavy atom. The molecule has 0 bridgehead atoms. The molecule has 1 aromatic carbocycles. The Labute approximate surface area is 181 Å². The Balaban J connectivity index is 1.49. The number of anilines is 1. The second-order valence-corrected chi connectivity index (χ2v) is 9.07. The lowest BCUT2D eigenvalue weighted by molar-refractivity contribution is -0.910. The molecule has 1 amide bonds. The van der Waals surface area contributed by atoms with E-state index in [0.717, 1.165) is 72.7 Å². The number of hydrogen-bond acceptors (Lipinski definition) is 5. The van der Waals surface area contributed by atoms with Gasteiger partial charge in [-0.2, -0.15) is 5.26 Å². The molecule has 0 spiro atoms. The van der Waals surface area contributed by atoms with Crippen LogP contribution in [0.15, 0.2) is 18.2 Å². The van der Waals surface area contributed by atoms with E-state index in [9.17, 15) is 10.1 Å². The minimum Gasteiger partial charge on any atom is -0.497 e. The average Bonchev–Trinajstić information content (AvgIpc) is 3.36. The number of methoxy groups -OCH3 is 2. The lowest BCUT2D eigenvalue weighted by Gasteiger charge is -2.23. The maximum Gasteiger partial charge on any atom is 0.280 e. The van der Waals surface area contributed by atoms with E-state index in [4.69, 9.17) is 9.47 Å². The Morgan fingerprint density at radius 2 is 2.10 bits per heavy atom. The van der Waals surface area contributed by atoms with Crippen molar-refractivity contribution in [3.05, 3.63) is 39.8 Å². The van der Waals surface area contributed by atoms with Gasteiger partial charge in [-0.05, 0) is 43.4 Å². The summed E-state index contributed by atoms with van der Waals surface area (Å²) >= 11 is 1.58. The van der Waals surface area contributed by atoms with Crippen LogP contribution in [0.2, 0.25) is 0 Å². The zero-order valence-corrected chi connectivity index (χ0v) is 18.4. The average molecular weight is 427 g/mol. The lowest BCUT2D eigenvalue weighted by atomic mass is 9.96. The van der Waals surface area contributed by atoms with Crippen LogP contribution in [0.25, 0.3) is 0 Å². The number of nitrogens with one attached hydrogen (secondary N) is 2. The number of ether oxygens (including phenoxy) is 2. The van der Waals surface area contributed by atoms with Crippen molar-refractivity contribution in [1.29, 1.82) is 5.26 Å². The highest BCUT2D eigenvalue weighted by Crippen LogP contribution is 2.37. The molecule has 6 nitrogen and oxygen atoms in total.